The van der Waals surface area contributed by atoms with Crippen molar-refractivity contribution in [3.8, 4) is 23.7 Å². The molecule has 2 amide bonds. The van der Waals surface area contributed by atoms with Gasteiger partial charge in [0, 0.05) is 36.3 Å². The smallest absolute Gasteiger partial charge is 0.319 e. The van der Waals surface area contributed by atoms with E-state index in [1.54, 1.807) is 12.1 Å². The fourth-order valence-corrected chi connectivity index (χ4v) is 4.06. The molecule has 1 saturated heterocycles. The first-order valence-electron chi connectivity index (χ1n) is 10.9. The van der Waals surface area contributed by atoms with Crippen molar-refractivity contribution in [1.29, 1.82) is 0 Å². The molecule has 1 fully saturated rings. The van der Waals surface area contributed by atoms with Gasteiger partial charge in [0.25, 0.3) is 0 Å². The number of terminal acetylenes is 1. The predicted molar refractivity (Wildman–Crippen MR) is 124 cm³/mol. The molecule has 0 saturated carbocycles. The number of morpholine rings is 1. The lowest BCUT2D eigenvalue weighted by Crippen LogP contribution is -2.45. The number of nitrogens with one attached hydrogen (secondary N) is 2. The molecule has 3 heterocycles. The number of hydrogen-bond donors (Lipinski definition) is 2. The van der Waals surface area contributed by atoms with Gasteiger partial charge in [-0.05, 0) is 38.1 Å². The summed E-state index contributed by atoms with van der Waals surface area (Å²) in [5.41, 5.74) is 2.13. The van der Waals surface area contributed by atoms with Gasteiger partial charge in [0.15, 0.2) is 5.82 Å². The zero-order valence-electron chi connectivity index (χ0n) is 18.8. The van der Waals surface area contributed by atoms with Gasteiger partial charge in [0.1, 0.15) is 23.7 Å². The molecule has 4 rings (SSSR count). The van der Waals surface area contributed by atoms with Crippen LogP contribution in [0.25, 0.3) is 11.4 Å². The van der Waals surface area contributed by atoms with Gasteiger partial charge in [-0.1, -0.05) is 5.92 Å². The van der Waals surface area contributed by atoms with Crippen LogP contribution in [-0.2, 0) is 26.5 Å². The zero-order chi connectivity index (χ0) is 23.4. The van der Waals surface area contributed by atoms with Gasteiger partial charge in [0.2, 0.25) is 0 Å². The van der Waals surface area contributed by atoms with Gasteiger partial charge >= 0.3 is 6.03 Å². The van der Waals surface area contributed by atoms with Crippen LogP contribution in [-0.4, -0.2) is 54.6 Å². The zero-order valence-corrected chi connectivity index (χ0v) is 18.8. The van der Waals surface area contributed by atoms with Crippen LogP contribution in [0.5, 0.6) is 0 Å². The van der Waals surface area contributed by atoms with Crippen molar-refractivity contribution in [2.24, 2.45) is 0 Å². The third kappa shape index (κ3) is 4.53. The first kappa shape index (κ1) is 22.7. The molecular weight excluding hydrogens is 422 g/mol. The Morgan fingerprint density at radius 2 is 2.15 bits per heavy atom. The highest BCUT2D eigenvalue weighted by Gasteiger charge is 2.41. The molecule has 2 aromatic rings. The Morgan fingerprint density at radius 3 is 2.85 bits per heavy atom. The lowest BCUT2D eigenvalue weighted by atomic mass is 9.96. The van der Waals surface area contributed by atoms with Crippen LogP contribution in [0.1, 0.15) is 31.5 Å². The number of fused-ring (bicyclic) bond motifs is 1. The molecule has 2 aliphatic rings. The van der Waals surface area contributed by atoms with Crippen LogP contribution in [0.2, 0.25) is 0 Å². The largest absolute Gasteiger partial charge is 0.376 e. The van der Waals surface area contributed by atoms with Gasteiger partial charge in [-0.25, -0.2) is 14.8 Å². The molecule has 2 aliphatic heterocycles. The highest BCUT2D eigenvalue weighted by molar-refractivity contribution is 5.89. The van der Waals surface area contributed by atoms with Crippen LogP contribution in [0, 0.1) is 12.3 Å². The number of rotatable bonds is 6. The SMILES string of the molecule is C#C[C@H]1COCCN1c1nc(-c2ccc(NC(=O)NCC)cc2)nc2c1CO[C@@]2(C)CC=O. The Kier molecular flexibility index (Phi) is 6.58. The quantitative estimate of drug-likeness (QED) is 0.515. The summed E-state index contributed by atoms with van der Waals surface area (Å²) in [6.07, 6.45) is 6.80. The van der Waals surface area contributed by atoms with Crippen molar-refractivity contribution in [3.05, 3.63) is 35.5 Å². The molecule has 1 aromatic carbocycles. The second-order valence-electron chi connectivity index (χ2n) is 8.10. The van der Waals surface area contributed by atoms with Crippen molar-refractivity contribution in [2.45, 2.75) is 38.5 Å². The number of carbonyl (C=O) groups excluding carboxylic acids is 2. The third-order valence-electron chi connectivity index (χ3n) is 5.83. The fraction of sp³-hybridized carbons (Fsp3) is 0.417. The lowest BCUT2D eigenvalue weighted by Gasteiger charge is -2.34. The van der Waals surface area contributed by atoms with Crippen LogP contribution < -0.4 is 15.5 Å². The average Bonchev–Trinajstić information content (AvgIpc) is 3.15. The topological polar surface area (TPSA) is 106 Å². The highest BCUT2D eigenvalue weighted by Crippen LogP contribution is 2.42. The summed E-state index contributed by atoms with van der Waals surface area (Å²) in [5, 5.41) is 5.47. The lowest BCUT2D eigenvalue weighted by molar-refractivity contribution is -0.114. The molecule has 2 N–H and O–H groups in total. The van der Waals surface area contributed by atoms with Crippen LogP contribution in [0.4, 0.5) is 16.3 Å². The fourth-order valence-electron chi connectivity index (χ4n) is 4.06. The Hall–Kier alpha value is -3.48. The summed E-state index contributed by atoms with van der Waals surface area (Å²) in [7, 11) is 0. The summed E-state index contributed by atoms with van der Waals surface area (Å²) >= 11 is 0. The molecular formula is C24H27N5O4. The van der Waals surface area contributed by atoms with Crippen LogP contribution in [0.15, 0.2) is 24.3 Å². The van der Waals surface area contributed by atoms with E-state index in [2.05, 4.69) is 21.5 Å². The number of urea groups is 1. The number of carbonyl (C=O) groups is 2. The number of aromatic nitrogens is 2. The maximum absolute atomic E-state index is 11.8. The van der Waals surface area contributed by atoms with E-state index in [4.69, 9.17) is 25.9 Å². The molecule has 1 aromatic heterocycles. The minimum atomic E-state index is -0.832. The molecule has 0 unspecified atom stereocenters. The summed E-state index contributed by atoms with van der Waals surface area (Å²) in [6.45, 7) is 6.11. The second-order valence-corrected chi connectivity index (χ2v) is 8.10. The third-order valence-corrected chi connectivity index (χ3v) is 5.83. The number of aldehydes is 1. The number of ether oxygens (including phenoxy) is 2. The van der Waals surface area contributed by atoms with Gasteiger partial charge in [-0.15, -0.1) is 6.42 Å². The van der Waals surface area contributed by atoms with E-state index < -0.39 is 5.60 Å². The van der Waals surface area contributed by atoms with Crippen molar-refractivity contribution >= 4 is 23.8 Å². The van der Waals surface area contributed by atoms with Gasteiger partial charge in [0.05, 0.1) is 25.5 Å². The first-order valence-corrected chi connectivity index (χ1v) is 10.9. The Bertz CT molecular complexity index is 1080. The number of benzene rings is 1. The van der Waals surface area contributed by atoms with Crippen LogP contribution in [0.3, 0.4) is 0 Å². The number of anilines is 2. The van der Waals surface area contributed by atoms with Crippen molar-refractivity contribution in [1.82, 2.24) is 15.3 Å². The van der Waals surface area contributed by atoms with Gasteiger partial charge in [-0.3, -0.25) is 0 Å². The predicted octanol–water partition coefficient (Wildman–Crippen LogP) is 2.46. The summed E-state index contributed by atoms with van der Waals surface area (Å²) in [5.74, 6) is 3.99. The van der Waals surface area contributed by atoms with E-state index in [0.29, 0.717) is 55.9 Å². The average molecular weight is 450 g/mol. The Balaban J connectivity index is 1.75. The second kappa shape index (κ2) is 9.57. The van der Waals surface area contributed by atoms with Crippen molar-refractivity contribution < 1.29 is 19.1 Å². The maximum atomic E-state index is 11.8. The summed E-state index contributed by atoms with van der Waals surface area (Å²) in [4.78, 5) is 34.9. The summed E-state index contributed by atoms with van der Waals surface area (Å²) in [6, 6.07) is 6.75. The normalized spacial score (nSPS) is 21.7. The molecule has 0 radical (unpaired) electrons. The first-order chi connectivity index (χ1) is 16.0. The monoisotopic (exact) mass is 449 g/mol. The molecule has 9 heteroatoms. The minimum absolute atomic E-state index is 0.187. The van der Waals surface area contributed by atoms with Gasteiger partial charge in [-0.2, -0.15) is 0 Å². The minimum Gasteiger partial charge on any atom is -0.376 e. The van der Waals surface area contributed by atoms with E-state index >= 15 is 0 Å². The Labute approximate surface area is 192 Å². The molecule has 33 heavy (non-hydrogen) atoms. The number of amides is 2. The van der Waals surface area contributed by atoms with E-state index in [-0.39, 0.29) is 18.5 Å². The highest BCUT2D eigenvalue weighted by atomic mass is 16.5. The molecule has 0 bridgehead atoms. The van der Waals surface area contributed by atoms with Crippen molar-refractivity contribution in [3.63, 3.8) is 0 Å². The number of hydrogen-bond acceptors (Lipinski definition) is 7. The molecule has 0 aliphatic carbocycles. The summed E-state index contributed by atoms with van der Waals surface area (Å²) < 4.78 is 11.6. The van der Waals surface area contributed by atoms with E-state index in [9.17, 15) is 9.59 Å². The van der Waals surface area contributed by atoms with Crippen LogP contribution >= 0.6 is 0 Å². The molecule has 2 atom stereocenters. The van der Waals surface area contributed by atoms with Gasteiger partial charge < -0.3 is 29.8 Å². The number of nitrogens with zero attached hydrogens (tertiary/aromatic N) is 3. The Morgan fingerprint density at radius 1 is 1.36 bits per heavy atom. The molecule has 9 nitrogen and oxygen atoms in total. The van der Waals surface area contributed by atoms with E-state index in [1.807, 2.05) is 26.0 Å². The molecule has 0 spiro atoms. The maximum Gasteiger partial charge on any atom is 0.319 e. The van der Waals surface area contributed by atoms with E-state index in [1.165, 1.54) is 0 Å². The standard InChI is InChI=1S/C24H27N5O4/c1-4-18-14-32-13-11-29(18)22-19-15-33-24(3,10-12-30)20(19)27-21(28-22)16-6-8-17(9-7-16)26-23(31)25-5-2/h1,6-9,12,18H,5,10-11,13-15H2,2-3H3,(H2,25,26,31)/t18-,24-/m0/s1. The van der Waals surface area contributed by atoms with E-state index in [0.717, 1.165) is 17.4 Å². The van der Waals surface area contributed by atoms with Crippen molar-refractivity contribution in [2.75, 3.05) is 36.5 Å². The molecule has 172 valence electrons.